The molecule has 1 aliphatic heterocycles. The number of rotatable bonds is 5. The van der Waals surface area contributed by atoms with Gasteiger partial charge in [-0.1, -0.05) is 41.6 Å². The van der Waals surface area contributed by atoms with Gasteiger partial charge in [-0.3, -0.25) is 4.79 Å². The molecule has 0 N–H and O–H groups in total. The van der Waals surface area contributed by atoms with Gasteiger partial charge in [0.25, 0.3) is 5.91 Å². The number of benzene rings is 2. The molecule has 1 amide bonds. The van der Waals surface area contributed by atoms with Gasteiger partial charge >= 0.3 is 6.18 Å². The first-order chi connectivity index (χ1) is 15.6. The maximum atomic E-state index is 13.0. The van der Waals surface area contributed by atoms with E-state index in [9.17, 15) is 26.4 Å². The smallest absolute Gasteiger partial charge is 0.335 e. The van der Waals surface area contributed by atoms with Gasteiger partial charge in [0.05, 0.1) is 23.2 Å². The SMILES string of the molecule is O=C(c1cn(Cc2ccccc2)nn1)N1CCN(S(=O)(=O)c2cccc(C(F)(F)F)c2)CC1. The largest absolute Gasteiger partial charge is 0.416 e. The summed E-state index contributed by atoms with van der Waals surface area (Å²) in [5, 5.41) is 7.89. The molecule has 33 heavy (non-hydrogen) atoms. The molecule has 1 aliphatic rings. The topological polar surface area (TPSA) is 88.4 Å². The first-order valence-electron chi connectivity index (χ1n) is 10.1. The second-order valence-electron chi connectivity index (χ2n) is 7.51. The zero-order chi connectivity index (χ0) is 23.6. The van der Waals surface area contributed by atoms with Crippen molar-refractivity contribution in [1.29, 1.82) is 0 Å². The highest BCUT2D eigenvalue weighted by Gasteiger charge is 2.34. The van der Waals surface area contributed by atoms with Crippen molar-refractivity contribution in [2.45, 2.75) is 17.6 Å². The van der Waals surface area contributed by atoms with E-state index in [1.165, 1.54) is 15.8 Å². The van der Waals surface area contributed by atoms with Crippen LogP contribution in [0.4, 0.5) is 13.2 Å². The number of carbonyl (C=O) groups excluding carboxylic acids is 1. The lowest BCUT2D eigenvalue weighted by Gasteiger charge is -2.33. The third kappa shape index (κ3) is 5.06. The molecule has 0 aliphatic carbocycles. The standard InChI is InChI=1S/C21H20F3N5O3S/c22-21(23,24)17-7-4-8-18(13-17)33(31,32)29-11-9-27(10-12-29)20(30)19-15-28(26-25-19)14-16-5-2-1-3-6-16/h1-8,13,15H,9-12,14H2. The van der Waals surface area contributed by atoms with Crippen molar-refractivity contribution in [2.75, 3.05) is 26.2 Å². The number of aromatic nitrogens is 3. The summed E-state index contributed by atoms with van der Waals surface area (Å²) in [6.07, 6.45) is -3.12. The summed E-state index contributed by atoms with van der Waals surface area (Å²) >= 11 is 0. The molecular weight excluding hydrogens is 459 g/mol. The van der Waals surface area contributed by atoms with Crippen LogP contribution in [0.3, 0.4) is 0 Å². The number of nitrogens with zero attached hydrogens (tertiary/aromatic N) is 5. The van der Waals surface area contributed by atoms with E-state index in [1.807, 2.05) is 30.3 Å². The molecule has 0 atom stereocenters. The quantitative estimate of drug-likeness (QED) is 0.561. The number of carbonyl (C=O) groups is 1. The third-order valence-corrected chi connectivity index (χ3v) is 7.16. The molecule has 4 rings (SSSR count). The van der Waals surface area contributed by atoms with E-state index in [4.69, 9.17) is 0 Å². The van der Waals surface area contributed by atoms with Crippen LogP contribution in [0.5, 0.6) is 0 Å². The number of amides is 1. The van der Waals surface area contributed by atoms with Crippen molar-refractivity contribution >= 4 is 15.9 Å². The Morgan fingerprint density at radius 3 is 2.33 bits per heavy atom. The van der Waals surface area contributed by atoms with Crippen LogP contribution in [-0.2, 0) is 22.7 Å². The second kappa shape index (κ2) is 8.94. The number of sulfonamides is 1. The summed E-state index contributed by atoms with van der Waals surface area (Å²) in [5.74, 6) is -0.384. The molecule has 1 aromatic heterocycles. The molecule has 1 fully saturated rings. The molecule has 0 spiro atoms. The molecule has 12 heteroatoms. The predicted octanol–water partition coefficient (Wildman–Crippen LogP) is 2.49. The van der Waals surface area contributed by atoms with Gasteiger partial charge in [-0.05, 0) is 23.8 Å². The molecule has 0 radical (unpaired) electrons. The van der Waals surface area contributed by atoms with E-state index in [0.717, 1.165) is 28.1 Å². The molecule has 2 heterocycles. The van der Waals surface area contributed by atoms with Gasteiger partial charge in [-0.2, -0.15) is 17.5 Å². The van der Waals surface area contributed by atoms with Gasteiger partial charge in [-0.15, -0.1) is 5.10 Å². The number of piperazine rings is 1. The number of halogens is 3. The van der Waals surface area contributed by atoms with Crippen molar-refractivity contribution in [2.24, 2.45) is 0 Å². The van der Waals surface area contributed by atoms with Gasteiger partial charge in [0, 0.05) is 26.2 Å². The maximum absolute atomic E-state index is 13.0. The van der Waals surface area contributed by atoms with Gasteiger partial charge in [0.2, 0.25) is 10.0 Å². The first kappa shape index (κ1) is 22.9. The number of hydrogen-bond acceptors (Lipinski definition) is 5. The fourth-order valence-electron chi connectivity index (χ4n) is 3.52. The van der Waals surface area contributed by atoms with Crippen molar-refractivity contribution < 1.29 is 26.4 Å². The van der Waals surface area contributed by atoms with Crippen molar-refractivity contribution in [3.63, 3.8) is 0 Å². The Morgan fingerprint density at radius 1 is 0.970 bits per heavy atom. The van der Waals surface area contributed by atoms with Crippen LogP contribution >= 0.6 is 0 Å². The van der Waals surface area contributed by atoms with E-state index < -0.39 is 26.7 Å². The zero-order valence-corrected chi connectivity index (χ0v) is 18.1. The van der Waals surface area contributed by atoms with Gasteiger partial charge < -0.3 is 4.90 Å². The van der Waals surface area contributed by atoms with Crippen molar-refractivity contribution in [3.05, 3.63) is 77.6 Å². The van der Waals surface area contributed by atoms with Crippen molar-refractivity contribution in [3.8, 4) is 0 Å². The van der Waals surface area contributed by atoms with Crippen LogP contribution in [0, 0.1) is 0 Å². The average molecular weight is 479 g/mol. The minimum atomic E-state index is -4.64. The van der Waals surface area contributed by atoms with Crippen LogP contribution in [-0.4, -0.2) is 64.7 Å². The van der Waals surface area contributed by atoms with Gasteiger partial charge in [-0.25, -0.2) is 13.1 Å². The highest BCUT2D eigenvalue weighted by molar-refractivity contribution is 7.89. The average Bonchev–Trinajstić information content (AvgIpc) is 3.27. The highest BCUT2D eigenvalue weighted by atomic mass is 32.2. The Hall–Kier alpha value is -3.25. The molecule has 3 aromatic rings. The third-order valence-electron chi connectivity index (χ3n) is 5.27. The van der Waals surface area contributed by atoms with E-state index in [0.29, 0.717) is 12.6 Å². The maximum Gasteiger partial charge on any atom is 0.416 e. The molecule has 1 saturated heterocycles. The van der Waals surface area contributed by atoms with Crippen LogP contribution < -0.4 is 0 Å². The summed E-state index contributed by atoms with van der Waals surface area (Å²) in [6.45, 7) is 0.542. The van der Waals surface area contributed by atoms with Crippen LogP contribution in [0.25, 0.3) is 0 Å². The number of alkyl halides is 3. The Labute approximate surface area is 188 Å². The Kier molecular flexibility index (Phi) is 6.21. The van der Waals surface area contributed by atoms with Gasteiger partial charge in [0.15, 0.2) is 5.69 Å². The molecule has 0 bridgehead atoms. The molecule has 2 aromatic carbocycles. The minimum absolute atomic E-state index is 0.0392. The highest BCUT2D eigenvalue weighted by Crippen LogP contribution is 2.31. The van der Waals surface area contributed by atoms with Crippen molar-refractivity contribution in [1.82, 2.24) is 24.2 Å². The summed E-state index contributed by atoms with van der Waals surface area (Å²) in [4.78, 5) is 13.8. The Bertz CT molecular complexity index is 1240. The zero-order valence-electron chi connectivity index (χ0n) is 17.3. The fourth-order valence-corrected chi connectivity index (χ4v) is 4.99. The Balaban J connectivity index is 1.40. The van der Waals surface area contributed by atoms with Crippen LogP contribution in [0.15, 0.2) is 65.7 Å². The molecule has 0 unspecified atom stereocenters. The number of hydrogen-bond donors (Lipinski definition) is 0. The molecule has 8 nitrogen and oxygen atoms in total. The second-order valence-corrected chi connectivity index (χ2v) is 9.45. The lowest BCUT2D eigenvalue weighted by atomic mass is 10.2. The molecule has 174 valence electrons. The summed E-state index contributed by atoms with van der Waals surface area (Å²) < 4.78 is 67.1. The van der Waals surface area contributed by atoms with Crippen LogP contribution in [0.2, 0.25) is 0 Å². The normalized spacial score (nSPS) is 15.5. The lowest BCUT2D eigenvalue weighted by molar-refractivity contribution is -0.137. The summed E-state index contributed by atoms with van der Waals surface area (Å²) in [6, 6.07) is 13.2. The van der Waals surface area contributed by atoms with E-state index in [1.54, 1.807) is 0 Å². The lowest BCUT2D eigenvalue weighted by Crippen LogP contribution is -2.50. The van der Waals surface area contributed by atoms with Gasteiger partial charge in [0.1, 0.15) is 0 Å². The Morgan fingerprint density at radius 2 is 1.67 bits per heavy atom. The van der Waals surface area contributed by atoms with Crippen LogP contribution in [0.1, 0.15) is 21.6 Å². The molecule has 0 saturated carbocycles. The fraction of sp³-hybridized carbons (Fsp3) is 0.286. The van der Waals surface area contributed by atoms with E-state index in [-0.39, 0.29) is 37.8 Å². The predicted molar refractivity (Wildman–Crippen MR) is 112 cm³/mol. The molecular formula is C21H20F3N5O3S. The van der Waals surface area contributed by atoms with E-state index in [2.05, 4.69) is 10.3 Å². The summed E-state index contributed by atoms with van der Waals surface area (Å²) in [5.41, 5.74) is 0.103. The summed E-state index contributed by atoms with van der Waals surface area (Å²) in [7, 11) is -4.13. The first-order valence-corrected chi connectivity index (χ1v) is 11.5. The monoisotopic (exact) mass is 479 g/mol. The minimum Gasteiger partial charge on any atom is -0.335 e. The van der Waals surface area contributed by atoms with E-state index >= 15 is 0 Å².